The van der Waals surface area contributed by atoms with Gasteiger partial charge < -0.3 is 0 Å². The summed E-state index contributed by atoms with van der Waals surface area (Å²) < 4.78 is 14.0. The summed E-state index contributed by atoms with van der Waals surface area (Å²) in [5.74, 6) is 0.518. The lowest BCUT2D eigenvalue weighted by atomic mass is 10.3. The SMILES string of the molecule is CC(C)C.O=Cc1cn(-c2ccc(F)cc2)nn1. The van der Waals surface area contributed by atoms with Crippen molar-refractivity contribution in [2.24, 2.45) is 5.92 Å². The summed E-state index contributed by atoms with van der Waals surface area (Å²) in [6, 6.07) is 5.74. The molecule has 0 aliphatic carbocycles. The smallest absolute Gasteiger partial charge is 0.171 e. The van der Waals surface area contributed by atoms with Gasteiger partial charge in [0.25, 0.3) is 0 Å². The van der Waals surface area contributed by atoms with E-state index in [1.165, 1.54) is 23.0 Å². The maximum atomic E-state index is 12.6. The fourth-order valence-electron chi connectivity index (χ4n) is 1.05. The van der Waals surface area contributed by atoms with Crippen LogP contribution < -0.4 is 0 Å². The molecular formula is C13H16FN3O. The highest BCUT2D eigenvalue weighted by Crippen LogP contribution is 2.07. The molecule has 1 aromatic carbocycles. The second-order valence-corrected chi connectivity index (χ2v) is 4.41. The average molecular weight is 249 g/mol. The number of aldehydes is 1. The maximum Gasteiger partial charge on any atom is 0.171 e. The fourth-order valence-corrected chi connectivity index (χ4v) is 1.05. The van der Waals surface area contributed by atoms with Crippen LogP contribution in [0.4, 0.5) is 4.39 Å². The number of benzene rings is 1. The monoisotopic (exact) mass is 249 g/mol. The Labute approximate surface area is 105 Å². The lowest BCUT2D eigenvalue weighted by Gasteiger charge is -1.97. The highest BCUT2D eigenvalue weighted by atomic mass is 19.1. The highest BCUT2D eigenvalue weighted by molar-refractivity contribution is 5.70. The molecule has 0 bridgehead atoms. The summed E-state index contributed by atoms with van der Waals surface area (Å²) >= 11 is 0. The van der Waals surface area contributed by atoms with Crippen LogP contribution in [0.25, 0.3) is 5.69 Å². The zero-order chi connectivity index (χ0) is 13.5. The Balaban J connectivity index is 0.000000357. The third-order valence-electron chi connectivity index (χ3n) is 1.72. The molecule has 0 radical (unpaired) electrons. The first-order chi connectivity index (χ1) is 8.52. The van der Waals surface area contributed by atoms with Crippen LogP contribution in [-0.2, 0) is 0 Å². The largest absolute Gasteiger partial charge is 0.296 e. The summed E-state index contributed by atoms with van der Waals surface area (Å²) in [5.41, 5.74) is 0.904. The maximum absolute atomic E-state index is 12.6. The quantitative estimate of drug-likeness (QED) is 0.769. The number of carbonyl (C=O) groups excluding carboxylic acids is 1. The standard InChI is InChI=1S/C9H6FN3O.C4H10/c10-7-1-3-9(4-2-7)13-5-8(6-14)11-12-13;1-4(2)3/h1-6H;4H,1-3H3. The fraction of sp³-hybridized carbons (Fsp3) is 0.308. The minimum atomic E-state index is -0.315. The molecule has 0 saturated carbocycles. The molecule has 0 saturated heterocycles. The Morgan fingerprint density at radius 1 is 1.22 bits per heavy atom. The van der Waals surface area contributed by atoms with Crippen LogP contribution in [-0.4, -0.2) is 21.3 Å². The Kier molecular flexibility index (Phi) is 5.17. The van der Waals surface area contributed by atoms with E-state index in [0.29, 0.717) is 12.0 Å². The molecule has 0 fully saturated rings. The molecule has 0 spiro atoms. The minimum Gasteiger partial charge on any atom is -0.296 e. The normalized spacial score (nSPS) is 9.83. The lowest BCUT2D eigenvalue weighted by Crippen LogP contribution is -1.94. The van der Waals surface area contributed by atoms with Crippen molar-refractivity contribution >= 4 is 6.29 Å². The van der Waals surface area contributed by atoms with Crippen LogP contribution in [0.3, 0.4) is 0 Å². The predicted molar refractivity (Wildman–Crippen MR) is 67.2 cm³/mol. The van der Waals surface area contributed by atoms with Gasteiger partial charge in [-0.1, -0.05) is 26.0 Å². The summed E-state index contributed by atoms with van der Waals surface area (Å²) in [4.78, 5) is 10.3. The molecule has 5 heteroatoms. The second kappa shape index (κ2) is 6.64. The number of rotatable bonds is 2. The molecule has 0 amide bonds. The third kappa shape index (κ3) is 4.45. The molecule has 0 N–H and O–H groups in total. The molecule has 2 aromatic rings. The van der Waals surface area contributed by atoms with Crippen LogP contribution in [0.1, 0.15) is 31.3 Å². The zero-order valence-corrected chi connectivity index (χ0v) is 10.7. The van der Waals surface area contributed by atoms with Gasteiger partial charge in [0.05, 0.1) is 11.9 Å². The van der Waals surface area contributed by atoms with Crippen LogP contribution in [0, 0.1) is 11.7 Å². The molecule has 0 atom stereocenters. The molecule has 0 aliphatic heterocycles. The molecule has 1 heterocycles. The van der Waals surface area contributed by atoms with Crippen molar-refractivity contribution in [1.82, 2.24) is 15.0 Å². The topological polar surface area (TPSA) is 47.8 Å². The van der Waals surface area contributed by atoms with E-state index in [1.54, 1.807) is 12.1 Å². The van der Waals surface area contributed by atoms with E-state index in [4.69, 9.17) is 0 Å². The molecule has 0 aliphatic rings. The lowest BCUT2D eigenvalue weighted by molar-refractivity contribution is 0.111. The number of hydrogen-bond donors (Lipinski definition) is 0. The van der Waals surface area contributed by atoms with Gasteiger partial charge in [0.1, 0.15) is 11.5 Å². The molecule has 96 valence electrons. The van der Waals surface area contributed by atoms with Gasteiger partial charge in [-0.05, 0) is 30.2 Å². The summed E-state index contributed by atoms with van der Waals surface area (Å²) in [6.45, 7) is 6.50. The molecule has 18 heavy (non-hydrogen) atoms. The number of hydrogen-bond acceptors (Lipinski definition) is 3. The Morgan fingerprint density at radius 3 is 2.22 bits per heavy atom. The number of carbonyl (C=O) groups is 1. The molecule has 4 nitrogen and oxygen atoms in total. The highest BCUT2D eigenvalue weighted by Gasteiger charge is 2.00. The van der Waals surface area contributed by atoms with Crippen molar-refractivity contribution < 1.29 is 9.18 Å². The van der Waals surface area contributed by atoms with Crippen molar-refractivity contribution in [2.45, 2.75) is 20.8 Å². The van der Waals surface area contributed by atoms with Crippen LogP contribution in [0.15, 0.2) is 30.5 Å². The first kappa shape index (κ1) is 14.0. The van der Waals surface area contributed by atoms with Crippen LogP contribution in [0.5, 0.6) is 0 Å². The predicted octanol–water partition coefficient (Wildman–Crippen LogP) is 2.88. The summed E-state index contributed by atoms with van der Waals surface area (Å²) in [7, 11) is 0. The van der Waals surface area contributed by atoms with Gasteiger partial charge in [-0.15, -0.1) is 5.10 Å². The van der Waals surface area contributed by atoms with E-state index in [1.807, 2.05) is 0 Å². The second-order valence-electron chi connectivity index (χ2n) is 4.41. The van der Waals surface area contributed by atoms with Crippen molar-refractivity contribution in [1.29, 1.82) is 0 Å². The molecule has 2 rings (SSSR count). The van der Waals surface area contributed by atoms with Gasteiger partial charge in [-0.2, -0.15) is 0 Å². The number of halogens is 1. The average Bonchev–Trinajstić information content (AvgIpc) is 2.78. The van der Waals surface area contributed by atoms with E-state index >= 15 is 0 Å². The van der Waals surface area contributed by atoms with Gasteiger partial charge >= 0.3 is 0 Å². The third-order valence-corrected chi connectivity index (χ3v) is 1.72. The molecule has 0 unspecified atom stereocenters. The van der Waals surface area contributed by atoms with Crippen LogP contribution >= 0.6 is 0 Å². The van der Waals surface area contributed by atoms with E-state index in [2.05, 4.69) is 31.1 Å². The van der Waals surface area contributed by atoms with Gasteiger partial charge in [-0.3, -0.25) is 4.79 Å². The molecular weight excluding hydrogens is 233 g/mol. The molecule has 1 aromatic heterocycles. The van der Waals surface area contributed by atoms with Crippen molar-refractivity contribution in [3.63, 3.8) is 0 Å². The van der Waals surface area contributed by atoms with Gasteiger partial charge in [0, 0.05) is 0 Å². The number of aromatic nitrogens is 3. The minimum absolute atomic E-state index is 0.245. The Hall–Kier alpha value is -2.04. The van der Waals surface area contributed by atoms with Crippen molar-refractivity contribution in [3.8, 4) is 5.69 Å². The Morgan fingerprint density at radius 2 is 1.78 bits per heavy atom. The van der Waals surface area contributed by atoms with Gasteiger partial charge in [0.15, 0.2) is 6.29 Å². The van der Waals surface area contributed by atoms with Gasteiger partial charge in [0.2, 0.25) is 0 Å². The zero-order valence-electron chi connectivity index (χ0n) is 10.7. The van der Waals surface area contributed by atoms with E-state index in [9.17, 15) is 9.18 Å². The summed E-state index contributed by atoms with van der Waals surface area (Å²) in [5, 5.41) is 7.28. The van der Waals surface area contributed by atoms with E-state index in [0.717, 1.165) is 5.92 Å². The summed E-state index contributed by atoms with van der Waals surface area (Å²) in [6.07, 6.45) is 2.08. The van der Waals surface area contributed by atoms with Gasteiger partial charge in [-0.25, -0.2) is 9.07 Å². The van der Waals surface area contributed by atoms with Crippen LogP contribution in [0.2, 0.25) is 0 Å². The Bertz CT molecular complexity index is 488. The first-order valence-corrected chi connectivity index (χ1v) is 5.66. The van der Waals surface area contributed by atoms with Crippen molar-refractivity contribution in [2.75, 3.05) is 0 Å². The van der Waals surface area contributed by atoms with E-state index < -0.39 is 0 Å². The number of nitrogens with zero attached hydrogens (tertiary/aromatic N) is 3. The van der Waals surface area contributed by atoms with E-state index in [-0.39, 0.29) is 11.5 Å². The first-order valence-electron chi connectivity index (χ1n) is 5.66. The van der Waals surface area contributed by atoms with Crippen molar-refractivity contribution in [3.05, 3.63) is 42.0 Å².